The smallest absolute Gasteiger partial charge is 0.119 e. The maximum absolute atomic E-state index is 5.41. The van der Waals surface area contributed by atoms with Gasteiger partial charge in [-0.25, -0.2) is 0 Å². The van der Waals surface area contributed by atoms with Gasteiger partial charge in [-0.2, -0.15) is 0 Å². The van der Waals surface area contributed by atoms with Gasteiger partial charge in [0, 0.05) is 17.2 Å². The molecule has 0 aliphatic heterocycles. The number of methoxy groups -OCH3 is 1. The predicted molar refractivity (Wildman–Crippen MR) is 111 cm³/mol. The molecular formula is C24H31NO. The second kappa shape index (κ2) is 11.4. The van der Waals surface area contributed by atoms with Crippen molar-refractivity contribution in [1.82, 2.24) is 5.32 Å². The Hall–Kier alpha value is -2.24. The predicted octanol–water partition coefficient (Wildman–Crippen LogP) is 5.20. The van der Waals surface area contributed by atoms with Gasteiger partial charge in [0.05, 0.1) is 7.11 Å². The van der Waals surface area contributed by atoms with Gasteiger partial charge in [0.25, 0.3) is 0 Å². The number of ether oxygens (including phenoxy) is 1. The van der Waals surface area contributed by atoms with E-state index >= 15 is 0 Å². The van der Waals surface area contributed by atoms with E-state index in [1.165, 1.54) is 31.2 Å². The second-order valence-corrected chi connectivity index (χ2v) is 6.76. The standard InChI is InChI=1S/C24H31NO/c1-4-5-6-10-17-25-20(2)18-23-19-24(26-3)16-15-22(23)14-13-21-11-8-7-9-12-21/h7-9,11-12,15-16,19-20,25H,4-6,10,17-18H2,1-3H3. The Morgan fingerprint density at radius 3 is 2.54 bits per heavy atom. The van der Waals surface area contributed by atoms with E-state index in [0.717, 1.165) is 29.8 Å². The molecule has 2 heteroatoms. The highest BCUT2D eigenvalue weighted by atomic mass is 16.5. The van der Waals surface area contributed by atoms with Crippen molar-refractivity contribution in [2.45, 2.75) is 52.0 Å². The van der Waals surface area contributed by atoms with Gasteiger partial charge in [0.2, 0.25) is 0 Å². The van der Waals surface area contributed by atoms with Crippen LogP contribution in [-0.4, -0.2) is 19.7 Å². The Morgan fingerprint density at radius 1 is 1.00 bits per heavy atom. The molecule has 26 heavy (non-hydrogen) atoms. The van der Waals surface area contributed by atoms with E-state index in [1.54, 1.807) is 7.11 Å². The summed E-state index contributed by atoms with van der Waals surface area (Å²) in [6, 6.07) is 16.7. The molecule has 0 aliphatic rings. The van der Waals surface area contributed by atoms with E-state index in [2.05, 4.69) is 43.1 Å². The van der Waals surface area contributed by atoms with Gasteiger partial charge in [-0.05, 0) is 62.2 Å². The maximum atomic E-state index is 5.41. The zero-order chi connectivity index (χ0) is 18.6. The lowest BCUT2D eigenvalue weighted by atomic mass is 10.00. The molecule has 1 N–H and O–H groups in total. The van der Waals surface area contributed by atoms with Crippen LogP contribution >= 0.6 is 0 Å². The third-order valence-corrected chi connectivity index (χ3v) is 4.48. The summed E-state index contributed by atoms with van der Waals surface area (Å²) in [4.78, 5) is 0. The normalized spacial score (nSPS) is 11.5. The summed E-state index contributed by atoms with van der Waals surface area (Å²) in [7, 11) is 1.71. The van der Waals surface area contributed by atoms with Crippen molar-refractivity contribution in [2.24, 2.45) is 0 Å². The second-order valence-electron chi connectivity index (χ2n) is 6.76. The van der Waals surface area contributed by atoms with Crippen molar-refractivity contribution in [3.8, 4) is 17.6 Å². The average Bonchev–Trinajstić information content (AvgIpc) is 2.67. The van der Waals surface area contributed by atoms with Crippen LogP contribution in [0.25, 0.3) is 0 Å². The van der Waals surface area contributed by atoms with E-state index < -0.39 is 0 Å². The van der Waals surface area contributed by atoms with Gasteiger partial charge in [-0.15, -0.1) is 0 Å². The molecule has 0 aromatic heterocycles. The van der Waals surface area contributed by atoms with Crippen LogP contribution in [0.3, 0.4) is 0 Å². The molecule has 0 heterocycles. The van der Waals surface area contributed by atoms with Crippen molar-refractivity contribution in [2.75, 3.05) is 13.7 Å². The average molecular weight is 350 g/mol. The van der Waals surface area contributed by atoms with E-state index in [4.69, 9.17) is 4.74 Å². The van der Waals surface area contributed by atoms with Crippen molar-refractivity contribution < 1.29 is 4.74 Å². The Kier molecular flexibility index (Phi) is 8.79. The first-order chi connectivity index (χ1) is 12.7. The molecule has 0 saturated carbocycles. The zero-order valence-corrected chi connectivity index (χ0v) is 16.3. The minimum atomic E-state index is 0.418. The fraction of sp³-hybridized carbons (Fsp3) is 0.417. The van der Waals surface area contributed by atoms with Crippen LogP contribution < -0.4 is 10.1 Å². The maximum Gasteiger partial charge on any atom is 0.119 e. The Bertz CT molecular complexity index is 712. The number of rotatable bonds is 9. The lowest BCUT2D eigenvalue weighted by molar-refractivity contribution is 0.413. The minimum absolute atomic E-state index is 0.418. The lowest BCUT2D eigenvalue weighted by Crippen LogP contribution is -2.29. The summed E-state index contributed by atoms with van der Waals surface area (Å²) in [5.74, 6) is 7.49. The first kappa shape index (κ1) is 20.1. The first-order valence-electron chi connectivity index (χ1n) is 9.70. The van der Waals surface area contributed by atoms with Crippen molar-refractivity contribution >= 4 is 0 Å². The number of unbranched alkanes of at least 4 members (excludes halogenated alkanes) is 3. The van der Waals surface area contributed by atoms with E-state index in [0.29, 0.717) is 6.04 Å². The summed E-state index contributed by atoms with van der Waals surface area (Å²) < 4.78 is 5.41. The molecule has 2 nitrogen and oxygen atoms in total. The van der Waals surface area contributed by atoms with Gasteiger partial charge in [-0.1, -0.05) is 56.2 Å². The molecule has 0 saturated heterocycles. The zero-order valence-electron chi connectivity index (χ0n) is 16.3. The van der Waals surface area contributed by atoms with Crippen LogP contribution in [0.1, 0.15) is 56.2 Å². The number of hydrogen-bond acceptors (Lipinski definition) is 2. The fourth-order valence-corrected chi connectivity index (χ4v) is 2.95. The lowest BCUT2D eigenvalue weighted by Gasteiger charge is -2.15. The van der Waals surface area contributed by atoms with E-state index in [1.807, 2.05) is 36.4 Å². The third kappa shape index (κ3) is 6.94. The molecule has 2 aromatic rings. The van der Waals surface area contributed by atoms with Crippen LogP contribution in [-0.2, 0) is 6.42 Å². The van der Waals surface area contributed by atoms with Gasteiger partial charge in [0.1, 0.15) is 5.75 Å². The minimum Gasteiger partial charge on any atom is -0.497 e. The summed E-state index contributed by atoms with van der Waals surface area (Å²) in [5, 5.41) is 3.64. The SMILES string of the molecule is CCCCCCNC(C)Cc1cc(OC)ccc1C#Cc1ccccc1. The number of nitrogens with one attached hydrogen (secondary N) is 1. The summed E-state index contributed by atoms with van der Waals surface area (Å²) in [6.45, 7) is 5.57. The van der Waals surface area contributed by atoms with Crippen LogP contribution in [0.4, 0.5) is 0 Å². The van der Waals surface area contributed by atoms with Crippen LogP contribution in [0.5, 0.6) is 5.75 Å². The highest BCUT2D eigenvalue weighted by molar-refractivity contribution is 5.49. The molecule has 0 amide bonds. The highest BCUT2D eigenvalue weighted by Crippen LogP contribution is 2.19. The molecule has 138 valence electrons. The molecule has 0 radical (unpaired) electrons. The largest absolute Gasteiger partial charge is 0.497 e. The van der Waals surface area contributed by atoms with Crippen LogP contribution in [0.15, 0.2) is 48.5 Å². The van der Waals surface area contributed by atoms with Gasteiger partial charge in [-0.3, -0.25) is 0 Å². The van der Waals surface area contributed by atoms with Gasteiger partial charge in [0.15, 0.2) is 0 Å². The molecule has 1 unspecified atom stereocenters. The number of hydrogen-bond donors (Lipinski definition) is 1. The molecule has 2 rings (SSSR count). The van der Waals surface area contributed by atoms with E-state index in [-0.39, 0.29) is 0 Å². The van der Waals surface area contributed by atoms with Gasteiger partial charge >= 0.3 is 0 Å². The summed E-state index contributed by atoms with van der Waals surface area (Å²) >= 11 is 0. The number of benzene rings is 2. The van der Waals surface area contributed by atoms with Crippen molar-refractivity contribution in [3.05, 3.63) is 65.2 Å². The fourth-order valence-electron chi connectivity index (χ4n) is 2.95. The Labute approximate surface area is 159 Å². The van der Waals surface area contributed by atoms with Gasteiger partial charge < -0.3 is 10.1 Å². The molecular weight excluding hydrogens is 318 g/mol. The highest BCUT2D eigenvalue weighted by Gasteiger charge is 2.08. The first-order valence-corrected chi connectivity index (χ1v) is 9.70. The van der Waals surface area contributed by atoms with E-state index in [9.17, 15) is 0 Å². The molecule has 2 aromatic carbocycles. The molecule has 0 spiro atoms. The molecule has 0 fully saturated rings. The van der Waals surface area contributed by atoms with Crippen LogP contribution in [0, 0.1) is 11.8 Å². The monoisotopic (exact) mass is 349 g/mol. The molecule has 0 bridgehead atoms. The van der Waals surface area contributed by atoms with Crippen molar-refractivity contribution in [3.63, 3.8) is 0 Å². The quantitative estimate of drug-likeness (QED) is 0.496. The Balaban J connectivity index is 2.04. The topological polar surface area (TPSA) is 21.3 Å². The summed E-state index contributed by atoms with van der Waals surface area (Å²) in [5.41, 5.74) is 3.35. The van der Waals surface area contributed by atoms with Crippen LogP contribution in [0.2, 0.25) is 0 Å². The van der Waals surface area contributed by atoms with Crippen molar-refractivity contribution in [1.29, 1.82) is 0 Å². The summed E-state index contributed by atoms with van der Waals surface area (Å²) in [6.07, 6.45) is 6.11. The third-order valence-electron chi connectivity index (χ3n) is 4.48. The molecule has 0 aliphatic carbocycles. The molecule has 1 atom stereocenters. The Morgan fingerprint density at radius 2 is 1.81 bits per heavy atom.